The number of hydrogen-bond acceptors (Lipinski definition) is 6. The van der Waals surface area contributed by atoms with Gasteiger partial charge >= 0.3 is 12.1 Å². The molecule has 1 spiro atoms. The summed E-state index contributed by atoms with van der Waals surface area (Å²) in [4.78, 5) is 27.4. The maximum absolute atomic E-state index is 11.6. The minimum Gasteiger partial charge on any atom is -0.475 e. The van der Waals surface area contributed by atoms with Gasteiger partial charge in [0.15, 0.2) is 0 Å². The van der Waals surface area contributed by atoms with Crippen molar-refractivity contribution in [1.29, 1.82) is 0 Å². The Morgan fingerprint density at radius 3 is 2.42 bits per heavy atom. The van der Waals surface area contributed by atoms with Crippen LogP contribution in [0.5, 0.6) is 0 Å². The van der Waals surface area contributed by atoms with E-state index < -0.39 is 12.1 Å². The fourth-order valence-electron chi connectivity index (χ4n) is 3.49. The first-order chi connectivity index (χ1) is 14.4. The smallest absolute Gasteiger partial charge is 0.475 e. The van der Waals surface area contributed by atoms with Crippen LogP contribution < -0.4 is 0 Å². The third-order valence-corrected chi connectivity index (χ3v) is 6.29. The topological polar surface area (TPSA) is 79.3 Å². The molecule has 31 heavy (non-hydrogen) atoms. The second-order valence-electron chi connectivity index (χ2n) is 8.01. The summed E-state index contributed by atoms with van der Waals surface area (Å²) in [7, 11) is 3.51. The van der Waals surface area contributed by atoms with E-state index >= 15 is 0 Å². The summed E-state index contributed by atoms with van der Waals surface area (Å²) >= 11 is 1.89. The van der Waals surface area contributed by atoms with Gasteiger partial charge in [0, 0.05) is 49.9 Å². The molecule has 1 amide bonds. The molecule has 2 aliphatic heterocycles. The molecule has 3 rings (SSSR count). The predicted molar refractivity (Wildman–Crippen MR) is 109 cm³/mol. The summed E-state index contributed by atoms with van der Waals surface area (Å²) in [5, 5.41) is 7.12. The van der Waals surface area contributed by atoms with Crippen LogP contribution in [-0.2, 0) is 25.6 Å². The second-order valence-corrected chi connectivity index (χ2v) is 9.38. The number of alkyl halides is 3. The normalized spacial score (nSPS) is 20.9. The lowest BCUT2D eigenvalue weighted by molar-refractivity contribution is -0.192. The number of thiophene rings is 1. The van der Waals surface area contributed by atoms with Crippen molar-refractivity contribution in [1.82, 2.24) is 9.80 Å². The van der Waals surface area contributed by atoms with E-state index in [0.29, 0.717) is 6.61 Å². The van der Waals surface area contributed by atoms with Crippen LogP contribution in [0.3, 0.4) is 0 Å². The molecule has 0 saturated carbocycles. The van der Waals surface area contributed by atoms with E-state index in [1.54, 1.807) is 19.0 Å². The van der Waals surface area contributed by atoms with Gasteiger partial charge in [-0.1, -0.05) is 0 Å². The molecule has 0 aliphatic carbocycles. The molecule has 7 nitrogen and oxygen atoms in total. The van der Waals surface area contributed by atoms with E-state index in [1.165, 1.54) is 9.75 Å². The highest BCUT2D eigenvalue weighted by Gasteiger charge is 2.43. The van der Waals surface area contributed by atoms with Crippen LogP contribution in [0.1, 0.15) is 29.0 Å². The maximum Gasteiger partial charge on any atom is 0.490 e. The van der Waals surface area contributed by atoms with Crippen LogP contribution in [-0.4, -0.2) is 85.1 Å². The first-order valence-electron chi connectivity index (χ1n) is 9.94. The summed E-state index contributed by atoms with van der Waals surface area (Å²) < 4.78 is 43.6. The van der Waals surface area contributed by atoms with Gasteiger partial charge in [0.25, 0.3) is 0 Å². The Morgan fingerprint density at radius 1 is 1.32 bits per heavy atom. The number of rotatable bonds is 5. The van der Waals surface area contributed by atoms with Gasteiger partial charge in [0.1, 0.15) is 6.61 Å². The third kappa shape index (κ3) is 8.06. The van der Waals surface area contributed by atoms with Crippen LogP contribution in [0, 0.1) is 6.92 Å². The van der Waals surface area contributed by atoms with Crippen molar-refractivity contribution in [3.05, 3.63) is 21.9 Å². The number of aliphatic carboxylic acids is 1. The molecule has 11 heteroatoms. The van der Waals surface area contributed by atoms with E-state index in [1.807, 2.05) is 11.3 Å². The molecule has 0 bridgehead atoms. The van der Waals surface area contributed by atoms with Crippen molar-refractivity contribution >= 4 is 23.2 Å². The molecule has 1 unspecified atom stereocenters. The highest BCUT2D eigenvalue weighted by Crippen LogP contribution is 2.37. The SMILES string of the molecule is Cc1ccc(CN2CCC3(CC2)CC(OCC(=O)N(C)C)CO3)s1.O=C(O)C(F)(F)F. The van der Waals surface area contributed by atoms with Crippen LogP contribution in [0.25, 0.3) is 0 Å². The van der Waals surface area contributed by atoms with Crippen molar-refractivity contribution < 1.29 is 37.3 Å². The average molecular weight is 467 g/mol. The molecule has 176 valence electrons. The van der Waals surface area contributed by atoms with Crippen LogP contribution in [0.15, 0.2) is 12.1 Å². The molecule has 1 aromatic rings. The number of carbonyl (C=O) groups is 2. The lowest BCUT2D eigenvalue weighted by Crippen LogP contribution is -2.43. The van der Waals surface area contributed by atoms with Gasteiger partial charge in [-0.05, 0) is 31.9 Å². The number of likely N-dealkylation sites (tertiary alicyclic amines) is 1. The molecule has 0 aromatic carbocycles. The summed E-state index contributed by atoms with van der Waals surface area (Å²) in [6.07, 6.45) is -2.00. The number of carbonyl (C=O) groups excluding carboxylic acids is 1. The minimum absolute atomic E-state index is 0.0111. The number of ether oxygens (including phenoxy) is 2. The van der Waals surface area contributed by atoms with E-state index in [-0.39, 0.29) is 24.2 Å². The first-order valence-corrected chi connectivity index (χ1v) is 10.8. The number of nitrogens with zero attached hydrogens (tertiary/aromatic N) is 2. The molecule has 1 atom stereocenters. The summed E-state index contributed by atoms with van der Waals surface area (Å²) in [5.41, 5.74) is -0.0340. The molecule has 2 aliphatic rings. The van der Waals surface area contributed by atoms with E-state index in [0.717, 1.165) is 38.9 Å². The Bertz CT molecular complexity index is 745. The number of carboxylic acid groups (broad SMARTS) is 1. The zero-order valence-corrected chi connectivity index (χ0v) is 18.7. The summed E-state index contributed by atoms with van der Waals surface area (Å²) in [5.74, 6) is -2.75. The summed E-state index contributed by atoms with van der Waals surface area (Å²) in [6, 6.07) is 4.44. The number of hydrogen-bond donors (Lipinski definition) is 1. The van der Waals surface area contributed by atoms with Crippen molar-refractivity contribution in [2.75, 3.05) is 40.4 Å². The number of piperidine rings is 1. The minimum atomic E-state index is -5.08. The van der Waals surface area contributed by atoms with Crippen molar-refractivity contribution in [2.45, 2.75) is 50.6 Å². The number of carboxylic acids is 1. The van der Waals surface area contributed by atoms with Crippen LogP contribution >= 0.6 is 11.3 Å². The number of amides is 1. The number of likely N-dealkylation sites (N-methyl/N-ethyl adjacent to an activating group) is 1. The van der Waals surface area contributed by atoms with Gasteiger partial charge in [0.2, 0.25) is 5.91 Å². The zero-order valence-electron chi connectivity index (χ0n) is 17.9. The highest BCUT2D eigenvalue weighted by atomic mass is 32.1. The Balaban J connectivity index is 0.000000423. The Morgan fingerprint density at radius 2 is 1.94 bits per heavy atom. The molecule has 0 radical (unpaired) electrons. The molecule has 2 fully saturated rings. The molecule has 1 N–H and O–H groups in total. The van der Waals surface area contributed by atoms with Gasteiger partial charge in [-0.2, -0.15) is 13.2 Å². The van der Waals surface area contributed by atoms with Gasteiger partial charge in [-0.25, -0.2) is 4.79 Å². The largest absolute Gasteiger partial charge is 0.490 e. The second kappa shape index (κ2) is 10.8. The summed E-state index contributed by atoms with van der Waals surface area (Å²) in [6.45, 7) is 6.12. The Labute approximate surface area is 183 Å². The van der Waals surface area contributed by atoms with Gasteiger partial charge in [0.05, 0.1) is 18.3 Å². The fourth-order valence-corrected chi connectivity index (χ4v) is 4.42. The van der Waals surface area contributed by atoms with Crippen LogP contribution in [0.2, 0.25) is 0 Å². The van der Waals surface area contributed by atoms with Gasteiger partial charge in [-0.3, -0.25) is 9.69 Å². The third-order valence-electron chi connectivity index (χ3n) is 5.30. The zero-order chi connectivity index (χ0) is 23.2. The number of aryl methyl sites for hydroxylation is 1. The molecule has 1 aromatic heterocycles. The van der Waals surface area contributed by atoms with E-state index in [2.05, 4.69) is 24.0 Å². The predicted octanol–water partition coefficient (Wildman–Crippen LogP) is 2.92. The maximum atomic E-state index is 11.6. The van der Waals surface area contributed by atoms with Gasteiger partial charge < -0.3 is 19.5 Å². The number of halogens is 3. The molecular formula is C20H29F3N2O5S. The van der Waals surface area contributed by atoms with Crippen LogP contribution in [0.4, 0.5) is 13.2 Å². The first kappa shape index (κ1) is 25.6. The van der Waals surface area contributed by atoms with Crippen molar-refractivity contribution in [2.24, 2.45) is 0 Å². The molecular weight excluding hydrogens is 437 g/mol. The van der Waals surface area contributed by atoms with E-state index in [4.69, 9.17) is 19.4 Å². The standard InChI is InChI=1S/C18H28N2O3S.C2HF3O2/c1-14-4-5-16(24-14)11-20-8-6-18(7-9-20)10-15(12-23-18)22-13-17(21)19(2)3;3-2(4,5)1(6)7/h4-5,15H,6-13H2,1-3H3;(H,6,7). The monoisotopic (exact) mass is 466 g/mol. The molecule has 3 heterocycles. The van der Waals surface area contributed by atoms with Crippen molar-refractivity contribution in [3.8, 4) is 0 Å². The molecule has 2 saturated heterocycles. The fraction of sp³-hybridized carbons (Fsp3) is 0.700. The Hall–Kier alpha value is -1.69. The lowest BCUT2D eigenvalue weighted by Gasteiger charge is -2.38. The average Bonchev–Trinajstić information content (AvgIpc) is 3.27. The lowest BCUT2D eigenvalue weighted by atomic mass is 9.88. The highest BCUT2D eigenvalue weighted by molar-refractivity contribution is 7.11. The van der Waals surface area contributed by atoms with Crippen molar-refractivity contribution in [3.63, 3.8) is 0 Å². The van der Waals surface area contributed by atoms with Gasteiger partial charge in [-0.15, -0.1) is 11.3 Å². The van der Waals surface area contributed by atoms with E-state index in [9.17, 15) is 18.0 Å². The Kier molecular flexibility index (Phi) is 8.87. The quantitative estimate of drug-likeness (QED) is 0.719.